The van der Waals surface area contributed by atoms with E-state index in [9.17, 15) is 9.59 Å². The van der Waals surface area contributed by atoms with Crippen molar-refractivity contribution in [2.75, 3.05) is 19.6 Å². The number of ether oxygens (including phenoxy) is 2. The third kappa shape index (κ3) is 4.83. The summed E-state index contributed by atoms with van der Waals surface area (Å²) in [5, 5.41) is 0. The SMILES string of the molecule is COC(=O)C(CC(N)c1ccccc1)C(=O)OCCCl. The van der Waals surface area contributed by atoms with Crippen molar-refractivity contribution in [3.8, 4) is 0 Å². The molecule has 2 unspecified atom stereocenters. The van der Waals surface area contributed by atoms with Gasteiger partial charge in [0.15, 0.2) is 5.92 Å². The van der Waals surface area contributed by atoms with E-state index in [2.05, 4.69) is 4.74 Å². The second kappa shape index (κ2) is 8.55. The number of methoxy groups -OCH3 is 1. The van der Waals surface area contributed by atoms with Crippen LogP contribution < -0.4 is 5.73 Å². The van der Waals surface area contributed by atoms with Gasteiger partial charge < -0.3 is 15.2 Å². The molecule has 0 spiro atoms. The van der Waals surface area contributed by atoms with Gasteiger partial charge in [0.1, 0.15) is 6.61 Å². The van der Waals surface area contributed by atoms with E-state index in [1.807, 2.05) is 30.3 Å². The summed E-state index contributed by atoms with van der Waals surface area (Å²) in [5.74, 6) is -2.19. The number of nitrogens with two attached hydrogens (primary N) is 1. The Hall–Kier alpha value is -1.59. The number of alkyl halides is 1. The van der Waals surface area contributed by atoms with E-state index in [0.717, 1.165) is 5.56 Å². The van der Waals surface area contributed by atoms with E-state index < -0.39 is 23.9 Å². The van der Waals surface area contributed by atoms with Gasteiger partial charge in [-0.3, -0.25) is 9.59 Å². The Morgan fingerprint density at radius 3 is 2.45 bits per heavy atom. The van der Waals surface area contributed by atoms with E-state index in [4.69, 9.17) is 22.1 Å². The monoisotopic (exact) mass is 299 g/mol. The van der Waals surface area contributed by atoms with Gasteiger partial charge in [-0.1, -0.05) is 30.3 Å². The zero-order valence-corrected chi connectivity index (χ0v) is 12.0. The van der Waals surface area contributed by atoms with E-state index in [0.29, 0.717) is 0 Å². The molecule has 0 bridgehead atoms. The van der Waals surface area contributed by atoms with Crippen LogP contribution >= 0.6 is 11.6 Å². The first-order valence-electron chi connectivity index (χ1n) is 6.21. The molecule has 0 aromatic heterocycles. The minimum atomic E-state index is -1.04. The highest BCUT2D eigenvalue weighted by Crippen LogP contribution is 2.21. The van der Waals surface area contributed by atoms with Gasteiger partial charge in [0, 0.05) is 6.04 Å². The van der Waals surface area contributed by atoms with Crippen molar-refractivity contribution in [1.82, 2.24) is 0 Å². The second-order valence-corrected chi connectivity index (χ2v) is 4.56. The molecular weight excluding hydrogens is 282 g/mol. The number of hydrogen-bond acceptors (Lipinski definition) is 5. The summed E-state index contributed by atoms with van der Waals surface area (Å²) < 4.78 is 9.51. The second-order valence-electron chi connectivity index (χ2n) is 4.19. The molecule has 0 amide bonds. The number of rotatable bonds is 7. The van der Waals surface area contributed by atoms with Gasteiger partial charge in [-0.15, -0.1) is 11.6 Å². The lowest BCUT2D eigenvalue weighted by Crippen LogP contribution is -2.31. The summed E-state index contributed by atoms with van der Waals surface area (Å²) >= 11 is 5.45. The number of benzene rings is 1. The Balaban J connectivity index is 2.74. The van der Waals surface area contributed by atoms with Crippen LogP contribution in [0.5, 0.6) is 0 Å². The van der Waals surface area contributed by atoms with Gasteiger partial charge in [0.05, 0.1) is 13.0 Å². The van der Waals surface area contributed by atoms with Crippen molar-refractivity contribution in [1.29, 1.82) is 0 Å². The predicted molar refractivity (Wildman–Crippen MR) is 75.2 cm³/mol. The molecule has 6 heteroatoms. The zero-order chi connectivity index (χ0) is 15.0. The number of carbonyl (C=O) groups excluding carboxylic acids is 2. The van der Waals surface area contributed by atoms with Crippen LogP contribution in [0.3, 0.4) is 0 Å². The maximum Gasteiger partial charge on any atom is 0.320 e. The first-order chi connectivity index (χ1) is 9.60. The van der Waals surface area contributed by atoms with Gasteiger partial charge in [-0.25, -0.2) is 0 Å². The first-order valence-corrected chi connectivity index (χ1v) is 6.74. The van der Waals surface area contributed by atoms with Crippen molar-refractivity contribution in [3.63, 3.8) is 0 Å². The lowest BCUT2D eigenvalue weighted by molar-refractivity contribution is -0.160. The van der Waals surface area contributed by atoms with Crippen LogP contribution in [0.4, 0.5) is 0 Å². The maximum absolute atomic E-state index is 11.8. The molecule has 2 atom stereocenters. The molecule has 0 saturated carbocycles. The summed E-state index contributed by atoms with van der Waals surface area (Å²) in [7, 11) is 1.22. The molecule has 0 aliphatic carbocycles. The summed E-state index contributed by atoms with van der Waals surface area (Å²) in [6.07, 6.45) is 0.123. The number of esters is 2. The van der Waals surface area contributed by atoms with E-state index in [1.165, 1.54) is 7.11 Å². The highest BCUT2D eigenvalue weighted by Gasteiger charge is 2.31. The van der Waals surface area contributed by atoms with Gasteiger partial charge in [-0.05, 0) is 12.0 Å². The maximum atomic E-state index is 11.8. The van der Waals surface area contributed by atoms with Crippen LogP contribution in [-0.4, -0.2) is 31.5 Å². The average Bonchev–Trinajstić information content (AvgIpc) is 2.50. The Morgan fingerprint density at radius 1 is 1.25 bits per heavy atom. The summed E-state index contributed by atoms with van der Waals surface area (Å²) in [4.78, 5) is 23.5. The molecule has 5 nitrogen and oxygen atoms in total. The predicted octanol–water partition coefficient (Wildman–Crippen LogP) is 1.65. The minimum absolute atomic E-state index is 0.0501. The molecule has 0 heterocycles. The molecule has 110 valence electrons. The smallest absolute Gasteiger partial charge is 0.320 e. The fraction of sp³-hybridized carbons (Fsp3) is 0.429. The Bertz CT molecular complexity index is 438. The Kier molecular flexibility index (Phi) is 7.04. The van der Waals surface area contributed by atoms with Crippen LogP contribution in [0.25, 0.3) is 0 Å². The highest BCUT2D eigenvalue weighted by molar-refractivity contribution is 6.18. The first kappa shape index (κ1) is 16.5. The molecule has 1 aromatic rings. The van der Waals surface area contributed by atoms with Gasteiger partial charge in [0.25, 0.3) is 0 Å². The Morgan fingerprint density at radius 2 is 1.90 bits per heavy atom. The van der Waals surface area contributed by atoms with Crippen LogP contribution in [0.1, 0.15) is 18.0 Å². The van der Waals surface area contributed by atoms with Crippen LogP contribution in [-0.2, 0) is 19.1 Å². The van der Waals surface area contributed by atoms with Crippen molar-refractivity contribution < 1.29 is 19.1 Å². The third-order valence-electron chi connectivity index (χ3n) is 2.81. The third-order valence-corrected chi connectivity index (χ3v) is 2.96. The highest BCUT2D eigenvalue weighted by atomic mass is 35.5. The molecule has 0 fully saturated rings. The van der Waals surface area contributed by atoms with Crippen molar-refractivity contribution in [2.24, 2.45) is 11.7 Å². The fourth-order valence-electron chi connectivity index (χ4n) is 1.76. The summed E-state index contributed by atoms with van der Waals surface area (Å²) in [6.45, 7) is 0.0501. The van der Waals surface area contributed by atoms with Crippen LogP contribution in [0, 0.1) is 5.92 Å². The summed E-state index contributed by atoms with van der Waals surface area (Å²) in [6, 6.07) is 8.76. The van der Waals surface area contributed by atoms with Gasteiger partial charge >= 0.3 is 11.9 Å². The largest absolute Gasteiger partial charge is 0.468 e. The molecule has 0 aliphatic rings. The molecule has 0 radical (unpaired) electrons. The molecule has 1 rings (SSSR count). The van der Waals surface area contributed by atoms with Gasteiger partial charge in [0.2, 0.25) is 0 Å². The zero-order valence-electron chi connectivity index (χ0n) is 11.3. The van der Waals surface area contributed by atoms with E-state index >= 15 is 0 Å². The lowest BCUT2D eigenvalue weighted by Gasteiger charge is -2.18. The van der Waals surface area contributed by atoms with Crippen molar-refractivity contribution >= 4 is 23.5 Å². The van der Waals surface area contributed by atoms with Crippen LogP contribution in [0.15, 0.2) is 30.3 Å². The molecule has 20 heavy (non-hydrogen) atoms. The lowest BCUT2D eigenvalue weighted by atomic mass is 9.95. The van der Waals surface area contributed by atoms with Crippen molar-refractivity contribution in [3.05, 3.63) is 35.9 Å². The van der Waals surface area contributed by atoms with Crippen LogP contribution in [0.2, 0.25) is 0 Å². The number of carbonyl (C=O) groups is 2. The molecule has 2 N–H and O–H groups in total. The molecule has 0 aliphatic heterocycles. The van der Waals surface area contributed by atoms with E-state index in [1.54, 1.807) is 0 Å². The van der Waals surface area contributed by atoms with Gasteiger partial charge in [-0.2, -0.15) is 0 Å². The normalized spacial score (nSPS) is 13.3. The summed E-state index contributed by atoms with van der Waals surface area (Å²) in [5.41, 5.74) is 6.85. The number of halogens is 1. The fourth-order valence-corrected chi connectivity index (χ4v) is 1.84. The standard InChI is InChI=1S/C14H18ClNO4/c1-19-13(17)11(14(18)20-8-7-15)9-12(16)10-5-3-2-4-6-10/h2-6,11-12H,7-9,16H2,1H3. The minimum Gasteiger partial charge on any atom is -0.468 e. The quantitative estimate of drug-likeness (QED) is 0.470. The molecule has 0 saturated heterocycles. The van der Waals surface area contributed by atoms with E-state index in [-0.39, 0.29) is 18.9 Å². The number of hydrogen-bond donors (Lipinski definition) is 1. The molecular formula is C14H18ClNO4. The average molecular weight is 300 g/mol. The van der Waals surface area contributed by atoms with Crippen molar-refractivity contribution in [2.45, 2.75) is 12.5 Å². The Labute approximate surface area is 123 Å². The molecule has 1 aromatic carbocycles. The topological polar surface area (TPSA) is 78.6 Å².